The second-order valence-electron chi connectivity index (χ2n) is 6.66. The fourth-order valence-electron chi connectivity index (χ4n) is 2.96. The first-order valence-corrected chi connectivity index (χ1v) is 9.52. The number of carbonyl (C=O) groups excluding carboxylic acids is 2. The van der Waals surface area contributed by atoms with Crippen molar-refractivity contribution in [2.24, 2.45) is 0 Å². The van der Waals surface area contributed by atoms with E-state index in [0.29, 0.717) is 25.1 Å². The van der Waals surface area contributed by atoms with E-state index in [1.54, 1.807) is 12.1 Å². The Morgan fingerprint density at radius 3 is 2.68 bits per heavy atom. The minimum atomic E-state index is -0.126. The molecule has 3 rings (SSSR count). The first kappa shape index (κ1) is 19.6. The molecular formula is C22H25N3O3. The standard InChI is InChI=1S/C22H25N3O3/c1-3-28-20-5-4-14-25-15-18(24-22(20)25)12-13-23-21(27)11-10-19(26)17-8-6-16(2)7-9-17/h4-9,14-15H,3,10-13H2,1-2H3,(H,23,27). The Kier molecular flexibility index (Phi) is 6.42. The van der Waals surface area contributed by atoms with E-state index in [4.69, 9.17) is 4.74 Å². The average molecular weight is 379 g/mol. The molecule has 1 N–H and O–H groups in total. The van der Waals surface area contributed by atoms with E-state index in [2.05, 4.69) is 10.3 Å². The summed E-state index contributed by atoms with van der Waals surface area (Å²) in [7, 11) is 0. The number of nitrogens with one attached hydrogen (secondary N) is 1. The van der Waals surface area contributed by atoms with Crippen LogP contribution in [0.4, 0.5) is 0 Å². The number of fused-ring (bicyclic) bond motifs is 1. The number of ether oxygens (including phenoxy) is 1. The highest BCUT2D eigenvalue weighted by molar-refractivity contribution is 5.97. The van der Waals surface area contributed by atoms with Crippen LogP contribution in [0.3, 0.4) is 0 Å². The van der Waals surface area contributed by atoms with Crippen LogP contribution >= 0.6 is 0 Å². The van der Waals surface area contributed by atoms with Gasteiger partial charge in [-0.05, 0) is 26.0 Å². The van der Waals surface area contributed by atoms with Crippen molar-refractivity contribution in [2.75, 3.05) is 13.2 Å². The van der Waals surface area contributed by atoms with E-state index in [0.717, 1.165) is 22.7 Å². The number of carbonyl (C=O) groups is 2. The predicted molar refractivity (Wildman–Crippen MR) is 108 cm³/mol. The Labute approximate surface area is 164 Å². The number of amides is 1. The van der Waals surface area contributed by atoms with E-state index in [-0.39, 0.29) is 24.5 Å². The monoisotopic (exact) mass is 379 g/mol. The Morgan fingerprint density at radius 1 is 1.14 bits per heavy atom. The quantitative estimate of drug-likeness (QED) is 0.579. The molecule has 0 aliphatic rings. The maximum atomic E-state index is 12.1. The molecule has 0 saturated carbocycles. The van der Waals surface area contributed by atoms with Crippen LogP contribution in [0.2, 0.25) is 0 Å². The van der Waals surface area contributed by atoms with Gasteiger partial charge in [-0.2, -0.15) is 0 Å². The average Bonchev–Trinajstić information content (AvgIpc) is 3.11. The van der Waals surface area contributed by atoms with Crippen molar-refractivity contribution in [3.8, 4) is 5.75 Å². The summed E-state index contributed by atoms with van der Waals surface area (Å²) in [6.07, 6.45) is 4.87. The molecule has 0 atom stereocenters. The molecule has 0 unspecified atom stereocenters. The molecular weight excluding hydrogens is 354 g/mol. The van der Waals surface area contributed by atoms with Crippen LogP contribution in [-0.4, -0.2) is 34.2 Å². The maximum Gasteiger partial charge on any atom is 0.220 e. The van der Waals surface area contributed by atoms with Crippen molar-refractivity contribution in [1.82, 2.24) is 14.7 Å². The number of nitrogens with zero attached hydrogens (tertiary/aromatic N) is 2. The molecule has 0 aliphatic carbocycles. The summed E-state index contributed by atoms with van der Waals surface area (Å²) in [5.74, 6) is 0.605. The third-order valence-electron chi connectivity index (χ3n) is 4.45. The number of aromatic nitrogens is 2. The topological polar surface area (TPSA) is 72.7 Å². The van der Waals surface area contributed by atoms with E-state index < -0.39 is 0 Å². The Bertz CT molecular complexity index is 961. The van der Waals surface area contributed by atoms with Gasteiger partial charge in [0, 0.05) is 43.8 Å². The van der Waals surface area contributed by atoms with Crippen LogP contribution in [0.5, 0.6) is 5.75 Å². The third kappa shape index (κ3) is 4.97. The molecule has 146 valence electrons. The lowest BCUT2D eigenvalue weighted by Gasteiger charge is -2.04. The molecule has 6 heteroatoms. The summed E-state index contributed by atoms with van der Waals surface area (Å²) in [6, 6.07) is 11.2. The molecule has 1 amide bonds. The molecule has 0 spiro atoms. The first-order chi connectivity index (χ1) is 13.6. The Morgan fingerprint density at radius 2 is 1.93 bits per heavy atom. The van der Waals surface area contributed by atoms with E-state index in [9.17, 15) is 9.59 Å². The minimum Gasteiger partial charge on any atom is -0.490 e. The molecule has 1 aromatic carbocycles. The van der Waals surface area contributed by atoms with Crippen LogP contribution in [0, 0.1) is 6.92 Å². The molecule has 28 heavy (non-hydrogen) atoms. The van der Waals surface area contributed by atoms with Crippen molar-refractivity contribution in [3.05, 3.63) is 65.6 Å². The van der Waals surface area contributed by atoms with Gasteiger partial charge in [0.05, 0.1) is 12.3 Å². The molecule has 0 fully saturated rings. The highest BCUT2D eigenvalue weighted by atomic mass is 16.5. The van der Waals surface area contributed by atoms with Crippen molar-refractivity contribution >= 4 is 17.3 Å². The largest absolute Gasteiger partial charge is 0.490 e. The van der Waals surface area contributed by atoms with Crippen LogP contribution < -0.4 is 10.1 Å². The van der Waals surface area contributed by atoms with Gasteiger partial charge in [-0.1, -0.05) is 29.8 Å². The molecule has 0 bridgehead atoms. The number of benzene rings is 1. The van der Waals surface area contributed by atoms with Crippen molar-refractivity contribution in [1.29, 1.82) is 0 Å². The summed E-state index contributed by atoms with van der Waals surface area (Å²) >= 11 is 0. The molecule has 2 aromatic heterocycles. The van der Waals surface area contributed by atoms with Gasteiger partial charge in [-0.3, -0.25) is 9.59 Å². The van der Waals surface area contributed by atoms with Crippen molar-refractivity contribution in [3.63, 3.8) is 0 Å². The second kappa shape index (κ2) is 9.17. The summed E-state index contributed by atoms with van der Waals surface area (Å²) in [4.78, 5) is 28.7. The number of hydrogen-bond acceptors (Lipinski definition) is 4. The Balaban J connectivity index is 1.46. The lowest BCUT2D eigenvalue weighted by atomic mass is 10.1. The van der Waals surface area contributed by atoms with Crippen molar-refractivity contribution in [2.45, 2.75) is 33.1 Å². The number of hydrogen-bond donors (Lipinski definition) is 1. The fourth-order valence-corrected chi connectivity index (χ4v) is 2.96. The highest BCUT2D eigenvalue weighted by Crippen LogP contribution is 2.19. The van der Waals surface area contributed by atoms with Gasteiger partial charge in [0.25, 0.3) is 0 Å². The fraction of sp³-hybridized carbons (Fsp3) is 0.318. The normalized spacial score (nSPS) is 10.8. The van der Waals surface area contributed by atoms with E-state index >= 15 is 0 Å². The number of imidazole rings is 1. The summed E-state index contributed by atoms with van der Waals surface area (Å²) < 4.78 is 7.51. The van der Waals surface area contributed by atoms with Crippen LogP contribution in [-0.2, 0) is 11.2 Å². The summed E-state index contributed by atoms with van der Waals surface area (Å²) in [6.45, 7) is 4.97. The van der Waals surface area contributed by atoms with Gasteiger partial charge in [0.2, 0.25) is 5.91 Å². The van der Waals surface area contributed by atoms with Gasteiger partial charge in [0.15, 0.2) is 17.2 Å². The van der Waals surface area contributed by atoms with Gasteiger partial charge in [-0.15, -0.1) is 0 Å². The molecule has 0 aliphatic heterocycles. The smallest absolute Gasteiger partial charge is 0.220 e. The third-order valence-corrected chi connectivity index (χ3v) is 4.45. The van der Waals surface area contributed by atoms with Crippen molar-refractivity contribution < 1.29 is 14.3 Å². The van der Waals surface area contributed by atoms with E-state index in [1.165, 1.54) is 0 Å². The molecule has 3 aromatic rings. The number of pyridine rings is 1. The van der Waals surface area contributed by atoms with Gasteiger partial charge >= 0.3 is 0 Å². The molecule has 0 saturated heterocycles. The SMILES string of the molecule is CCOc1cccn2cc(CCNC(=O)CCC(=O)c3ccc(C)cc3)nc12. The number of rotatable bonds is 9. The predicted octanol–water partition coefficient (Wildman–Crippen LogP) is 3.36. The van der Waals surface area contributed by atoms with Crippen LogP contribution in [0.15, 0.2) is 48.8 Å². The summed E-state index contributed by atoms with van der Waals surface area (Å²) in [5.41, 5.74) is 3.40. The second-order valence-corrected chi connectivity index (χ2v) is 6.66. The highest BCUT2D eigenvalue weighted by Gasteiger charge is 2.10. The number of ketones is 1. The van der Waals surface area contributed by atoms with E-state index in [1.807, 2.05) is 54.9 Å². The molecule has 2 heterocycles. The lowest BCUT2D eigenvalue weighted by Crippen LogP contribution is -2.26. The minimum absolute atomic E-state index is 0.0149. The zero-order valence-electron chi connectivity index (χ0n) is 16.3. The van der Waals surface area contributed by atoms with Crippen LogP contribution in [0.25, 0.3) is 5.65 Å². The molecule has 0 radical (unpaired) electrons. The number of aryl methyl sites for hydroxylation is 1. The van der Waals surface area contributed by atoms with Gasteiger partial charge in [-0.25, -0.2) is 4.98 Å². The van der Waals surface area contributed by atoms with Gasteiger partial charge in [0.1, 0.15) is 0 Å². The zero-order valence-corrected chi connectivity index (χ0v) is 16.3. The van der Waals surface area contributed by atoms with Gasteiger partial charge < -0.3 is 14.5 Å². The zero-order chi connectivity index (χ0) is 19.9. The summed E-state index contributed by atoms with van der Waals surface area (Å²) in [5, 5.41) is 2.86. The Hall–Kier alpha value is -3.15. The lowest BCUT2D eigenvalue weighted by molar-refractivity contribution is -0.121. The van der Waals surface area contributed by atoms with Crippen LogP contribution in [0.1, 0.15) is 41.4 Å². The molecule has 6 nitrogen and oxygen atoms in total. The number of Topliss-reactive ketones (excluding diaryl/α,β-unsaturated/α-hetero) is 1. The first-order valence-electron chi connectivity index (χ1n) is 9.52. The maximum absolute atomic E-state index is 12.1.